The predicted octanol–water partition coefficient (Wildman–Crippen LogP) is 3.32. The van der Waals surface area contributed by atoms with E-state index in [0.717, 1.165) is 16.7 Å². The molecular formula is C14H20BrN3. The van der Waals surface area contributed by atoms with Crippen molar-refractivity contribution in [2.75, 3.05) is 26.0 Å². The average molecular weight is 310 g/mol. The van der Waals surface area contributed by atoms with Gasteiger partial charge in [-0.2, -0.15) is 5.26 Å². The lowest BCUT2D eigenvalue weighted by Crippen LogP contribution is -2.36. The number of nitrogens with zero attached hydrogens (tertiary/aromatic N) is 2. The number of nitrogens with one attached hydrogen (secondary N) is 1. The van der Waals surface area contributed by atoms with Crippen molar-refractivity contribution in [1.82, 2.24) is 4.90 Å². The van der Waals surface area contributed by atoms with Crippen LogP contribution in [0.4, 0.5) is 5.69 Å². The van der Waals surface area contributed by atoms with Gasteiger partial charge in [-0.3, -0.25) is 0 Å². The first-order chi connectivity index (χ1) is 8.43. The highest BCUT2D eigenvalue weighted by Gasteiger charge is 2.15. The molecule has 0 aliphatic carbocycles. The molecule has 1 unspecified atom stereocenters. The highest BCUT2D eigenvalue weighted by Crippen LogP contribution is 2.23. The number of benzene rings is 1. The Balaban J connectivity index is 2.93. The van der Waals surface area contributed by atoms with Crippen LogP contribution in [0, 0.1) is 17.2 Å². The van der Waals surface area contributed by atoms with Gasteiger partial charge in [-0.25, -0.2) is 0 Å². The summed E-state index contributed by atoms with van der Waals surface area (Å²) >= 11 is 3.44. The van der Waals surface area contributed by atoms with Crippen LogP contribution in [0.25, 0.3) is 0 Å². The van der Waals surface area contributed by atoms with Gasteiger partial charge in [-0.1, -0.05) is 29.8 Å². The third-order valence-electron chi connectivity index (χ3n) is 2.81. The number of halogens is 1. The Bertz CT molecular complexity index is 435. The van der Waals surface area contributed by atoms with E-state index in [4.69, 9.17) is 5.26 Å². The Kier molecular flexibility index (Phi) is 5.64. The first-order valence-corrected chi connectivity index (χ1v) is 6.84. The number of rotatable bonds is 5. The summed E-state index contributed by atoms with van der Waals surface area (Å²) < 4.78 is 0.983. The molecule has 0 bridgehead atoms. The summed E-state index contributed by atoms with van der Waals surface area (Å²) in [7, 11) is 4.12. The molecule has 0 fully saturated rings. The lowest BCUT2D eigenvalue weighted by molar-refractivity contribution is 0.344. The van der Waals surface area contributed by atoms with E-state index in [9.17, 15) is 0 Å². The second-order valence-electron chi connectivity index (χ2n) is 5.06. The van der Waals surface area contributed by atoms with Crippen molar-refractivity contribution >= 4 is 21.6 Å². The summed E-state index contributed by atoms with van der Waals surface area (Å²) in [6, 6.07) is 8.23. The SMILES string of the molecule is CC(C)C(CN(C)C)Nc1cc(Br)ccc1C#N. The second kappa shape index (κ2) is 6.77. The van der Waals surface area contributed by atoms with E-state index < -0.39 is 0 Å². The summed E-state index contributed by atoms with van der Waals surface area (Å²) in [6.45, 7) is 5.31. The molecule has 0 aliphatic rings. The van der Waals surface area contributed by atoms with Gasteiger partial charge in [0.1, 0.15) is 6.07 Å². The molecule has 0 aliphatic heterocycles. The molecule has 1 rings (SSSR count). The van der Waals surface area contributed by atoms with Gasteiger partial charge in [0.25, 0.3) is 0 Å². The maximum Gasteiger partial charge on any atom is 0.101 e. The zero-order chi connectivity index (χ0) is 13.7. The van der Waals surface area contributed by atoms with Crippen molar-refractivity contribution in [3.63, 3.8) is 0 Å². The number of hydrogen-bond acceptors (Lipinski definition) is 3. The largest absolute Gasteiger partial charge is 0.380 e. The monoisotopic (exact) mass is 309 g/mol. The molecule has 1 atom stereocenters. The maximum atomic E-state index is 9.13. The molecule has 0 saturated heterocycles. The number of anilines is 1. The maximum absolute atomic E-state index is 9.13. The van der Waals surface area contributed by atoms with E-state index in [1.165, 1.54) is 0 Å². The fourth-order valence-electron chi connectivity index (χ4n) is 1.75. The Hall–Kier alpha value is -1.05. The summed E-state index contributed by atoms with van der Waals surface area (Å²) in [5.74, 6) is 0.498. The molecular weight excluding hydrogens is 290 g/mol. The van der Waals surface area contributed by atoms with Crippen LogP contribution in [0.3, 0.4) is 0 Å². The third-order valence-corrected chi connectivity index (χ3v) is 3.30. The highest BCUT2D eigenvalue weighted by atomic mass is 79.9. The van der Waals surface area contributed by atoms with E-state index >= 15 is 0 Å². The van der Waals surface area contributed by atoms with E-state index in [2.05, 4.69) is 60.2 Å². The molecule has 0 amide bonds. The van der Waals surface area contributed by atoms with Crippen LogP contribution in [-0.4, -0.2) is 31.6 Å². The lowest BCUT2D eigenvalue weighted by atomic mass is 10.0. The van der Waals surface area contributed by atoms with Gasteiger partial charge in [0.05, 0.1) is 11.3 Å². The number of nitriles is 1. The zero-order valence-corrected chi connectivity index (χ0v) is 13.0. The Morgan fingerprint density at radius 2 is 2.06 bits per heavy atom. The van der Waals surface area contributed by atoms with E-state index in [-0.39, 0.29) is 0 Å². The van der Waals surface area contributed by atoms with Crippen molar-refractivity contribution in [3.8, 4) is 6.07 Å². The van der Waals surface area contributed by atoms with Crippen LogP contribution >= 0.6 is 15.9 Å². The molecule has 4 heteroatoms. The summed E-state index contributed by atoms with van der Waals surface area (Å²) in [4.78, 5) is 2.15. The minimum absolute atomic E-state index is 0.321. The molecule has 1 N–H and O–H groups in total. The summed E-state index contributed by atoms with van der Waals surface area (Å²) in [5, 5.41) is 12.6. The van der Waals surface area contributed by atoms with Crippen molar-refractivity contribution in [3.05, 3.63) is 28.2 Å². The van der Waals surface area contributed by atoms with Crippen molar-refractivity contribution in [2.45, 2.75) is 19.9 Å². The standard InChI is InChI=1S/C14H20BrN3/c1-10(2)14(9-18(3)4)17-13-7-12(15)6-5-11(13)8-16/h5-7,10,14,17H,9H2,1-4H3. The van der Waals surface area contributed by atoms with Gasteiger partial charge in [0.2, 0.25) is 0 Å². The molecule has 3 nitrogen and oxygen atoms in total. The van der Waals surface area contributed by atoms with Crippen molar-refractivity contribution < 1.29 is 0 Å². The van der Waals surface area contributed by atoms with Crippen LogP contribution < -0.4 is 5.32 Å². The third kappa shape index (κ3) is 4.32. The predicted molar refractivity (Wildman–Crippen MR) is 79.7 cm³/mol. The van der Waals surface area contributed by atoms with Crippen LogP contribution in [0.5, 0.6) is 0 Å². The second-order valence-corrected chi connectivity index (χ2v) is 5.97. The first-order valence-electron chi connectivity index (χ1n) is 6.05. The van der Waals surface area contributed by atoms with Gasteiger partial charge >= 0.3 is 0 Å². The highest BCUT2D eigenvalue weighted by molar-refractivity contribution is 9.10. The first kappa shape index (κ1) is 15.0. The molecule has 0 heterocycles. The fourth-order valence-corrected chi connectivity index (χ4v) is 2.11. The zero-order valence-electron chi connectivity index (χ0n) is 11.4. The molecule has 18 heavy (non-hydrogen) atoms. The van der Waals surface area contributed by atoms with Crippen LogP contribution in [0.2, 0.25) is 0 Å². The van der Waals surface area contributed by atoms with Gasteiger partial charge in [0, 0.05) is 17.1 Å². The molecule has 0 aromatic heterocycles. The van der Waals surface area contributed by atoms with Gasteiger partial charge in [-0.05, 0) is 38.2 Å². The van der Waals surface area contributed by atoms with Crippen LogP contribution in [-0.2, 0) is 0 Å². The normalized spacial score (nSPS) is 12.6. The van der Waals surface area contributed by atoms with Crippen molar-refractivity contribution in [2.24, 2.45) is 5.92 Å². The Morgan fingerprint density at radius 3 is 2.56 bits per heavy atom. The Morgan fingerprint density at radius 1 is 1.39 bits per heavy atom. The quantitative estimate of drug-likeness (QED) is 0.907. The smallest absolute Gasteiger partial charge is 0.101 e. The van der Waals surface area contributed by atoms with Gasteiger partial charge in [0.15, 0.2) is 0 Å². The Labute approximate surface area is 118 Å². The molecule has 1 aromatic rings. The topological polar surface area (TPSA) is 39.1 Å². The minimum Gasteiger partial charge on any atom is -0.380 e. The van der Waals surface area contributed by atoms with Crippen molar-refractivity contribution in [1.29, 1.82) is 5.26 Å². The lowest BCUT2D eigenvalue weighted by Gasteiger charge is -2.27. The summed E-state index contributed by atoms with van der Waals surface area (Å²) in [6.07, 6.45) is 0. The fraction of sp³-hybridized carbons (Fsp3) is 0.500. The van der Waals surface area contributed by atoms with Gasteiger partial charge < -0.3 is 10.2 Å². The molecule has 98 valence electrons. The molecule has 0 saturated carbocycles. The van der Waals surface area contributed by atoms with E-state index in [1.807, 2.05) is 18.2 Å². The molecule has 0 radical (unpaired) electrons. The van der Waals surface area contributed by atoms with E-state index in [0.29, 0.717) is 17.5 Å². The van der Waals surface area contributed by atoms with Crippen LogP contribution in [0.15, 0.2) is 22.7 Å². The van der Waals surface area contributed by atoms with E-state index in [1.54, 1.807) is 0 Å². The minimum atomic E-state index is 0.321. The molecule has 0 spiro atoms. The van der Waals surface area contributed by atoms with Crippen LogP contribution in [0.1, 0.15) is 19.4 Å². The average Bonchev–Trinajstić information content (AvgIpc) is 2.27. The van der Waals surface area contributed by atoms with Gasteiger partial charge in [-0.15, -0.1) is 0 Å². The summed E-state index contributed by atoms with van der Waals surface area (Å²) in [5.41, 5.74) is 1.58. The number of hydrogen-bond donors (Lipinski definition) is 1. The number of likely N-dealkylation sites (N-methyl/N-ethyl adjacent to an activating group) is 1. The molecule has 1 aromatic carbocycles.